The van der Waals surface area contributed by atoms with Crippen LogP contribution in [0.25, 0.3) is 16.9 Å². The summed E-state index contributed by atoms with van der Waals surface area (Å²) in [6.07, 6.45) is 0. The smallest absolute Gasteiger partial charge is 0.282 e. The van der Waals surface area contributed by atoms with E-state index >= 15 is 0 Å². The maximum absolute atomic E-state index is 12.7. The molecule has 4 N–H and O–H groups in total. The van der Waals surface area contributed by atoms with Crippen LogP contribution in [0.15, 0.2) is 83.7 Å². The molecule has 0 unspecified atom stereocenters. The summed E-state index contributed by atoms with van der Waals surface area (Å²) in [5, 5.41) is 11.2. The van der Waals surface area contributed by atoms with Gasteiger partial charge in [-0.15, -0.1) is 15.0 Å². The molecule has 34 heavy (non-hydrogen) atoms. The molecule has 168 valence electrons. The standard InChI is InChI=1S/C24H19N7O3/c25-24-27-21-20(23(33)28-24)29-31(30-21)17-6-4-5-16(13-17)22(32)26-14-15-9-11-19(12-10-15)34-18-7-2-1-3-8-18/h1-13H,14H2,(H,26,32)(H3,25,27,28,30,33). The number of aromatic amines is 1. The number of nitrogens with two attached hydrogens (primary N) is 1. The highest BCUT2D eigenvalue weighted by atomic mass is 16.5. The van der Waals surface area contributed by atoms with Gasteiger partial charge in [-0.2, -0.15) is 4.98 Å². The van der Waals surface area contributed by atoms with E-state index in [1.807, 2.05) is 54.6 Å². The lowest BCUT2D eigenvalue weighted by atomic mass is 10.1. The minimum absolute atomic E-state index is 0.0441. The third kappa shape index (κ3) is 4.46. The summed E-state index contributed by atoms with van der Waals surface area (Å²) < 4.78 is 5.78. The zero-order valence-corrected chi connectivity index (χ0v) is 17.8. The number of nitrogens with zero attached hydrogens (tertiary/aromatic N) is 4. The van der Waals surface area contributed by atoms with Gasteiger partial charge in [0.1, 0.15) is 11.5 Å². The van der Waals surface area contributed by atoms with Gasteiger partial charge < -0.3 is 15.8 Å². The fourth-order valence-corrected chi connectivity index (χ4v) is 3.31. The van der Waals surface area contributed by atoms with Crippen molar-refractivity contribution in [2.45, 2.75) is 6.54 Å². The van der Waals surface area contributed by atoms with Gasteiger partial charge in [-0.3, -0.25) is 14.6 Å². The Hall–Kier alpha value is -4.99. The van der Waals surface area contributed by atoms with Gasteiger partial charge in [0.15, 0.2) is 5.52 Å². The number of amides is 1. The molecule has 0 bridgehead atoms. The van der Waals surface area contributed by atoms with Crippen molar-refractivity contribution in [1.82, 2.24) is 30.3 Å². The summed E-state index contributed by atoms with van der Waals surface area (Å²) in [4.78, 5) is 32.3. The Morgan fingerprint density at radius 2 is 1.74 bits per heavy atom. The monoisotopic (exact) mass is 453 g/mol. The summed E-state index contributed by atoms with van der Waals surface area (Å²) in [5.74, 6) is 1.16. The van der Waals surface area contributed by atoms with Gasteiger partial charge in [-0.05, 0) is 48.0 Å². The third-order valence-corrected chi connectivity index (χ3v) is 4.97. The Kier molecular flexibility index (Phi) is 5.45. The lowest BCUT2D eigenvalue weighted by Crippen LogP contribution is -2.23. The molecule has 0 spiro atoms. The van der Waals surface area contributed by atoms with E-state index in [1.165, 1.54) is 4.80 Å². The molecule has 0 saturated carbocycles. The van der Waals surface area contributed by atoms with E-state index in [0.29, 0.717) is 23.5 Å². The van der Waals surface area contributed by atoms with Crippen molar-refractivity contribution in [3.05, 3.63) is 100 Å². The Balaban J connectivity index is 1.26. The first-order valence-electron chi connectivity index (χ1n) is 10.4. The minimum atomic E-state index is -0.483. The van der Waals surface area contributed by atoms with Gasteiger partial charge in [0.25, 0.3) is 11.5 Å². The summed E-state index contributed by atoms with van der Waals surface area (Å²) >= 11 is 0. The number of para-hydroxylation sites is 1. The number of benzene rings is 3. The second-order valence-electron chi connectivity index (χ2n) is 7.40. The average Bonchev–Trinajstić information content (AvgIpc) is 3.29. The molecule has 2 heterocycles. The molecule has 5 aromatic rings. The molecule has 1 amide bonds. The molecule has 10 heteroatoms. The van der Waals surface area contributed by atoms with Gasteiger partial charge in [-0.25, -0.2) is 0 Å². The quantitative estimate of drug-likeness (QED) is 0.359. The molecule has 0 saturated heterocycles. The lowest BCUT2D eigenvalue weighted by molar-refractivity contribution is 0.0951. The second kappa shape index (κ2) is 8.87. The molecule has 0 aliphatic heterocycles. The fraction of sp³-hybridized carbons (Fsp3) is 0.0417. The second-order valence-corrected chi connectivity index (χ2v) is 7.40. The minimum Gasteiger partial charge on any atom is -0.457 e. The largest absolute Gasteiger partial charge is 0.457 e. The molecule has 2 aromatic heterocycles. The number of rotatable bonds is 6. The van der Waals surface area contributed by atoms with Crippen molar-refractivity contribution in [3.63, 3.8) is 0 Å². The maximum Gasteiger partial charge on any atom is 0.282 e. The summed E-state index contributed by atoms with van der Waals surface area (Å²) in [6.45, 7) is 0.344. The molecular weight excluding hydrogens is 434 g/mol. The van der Waals surface area contributed by atoms with Crippen LogP contribution in [0.3, 0.4) is 0 Å². The number of ether oxygens (including phenoxy) is 1. The van der Waals surface area contributed by atoms with E-state index in [9.17, 15) is 9.59 Å². The van der Waals surface area contributed by atoms with Crippen LogP contribution in [-0.2, 0) is 6.54 Å². The Bertz CT molecular complexity index is 1530. The number of H-pyrrole nitrogens is 1. The molecule has 0 fully saturated rings. The molecule has 0 atom stereocenters. The number of nitrogens with one attached hydrogen (secondary N) is 2. The highest BCUT2D eigenvalue weighted by molar-refractivity contribution is 5.94. The highest BCUT2D eigenvalue weighted by Gasteiger charge is 2.12. The van der Waals surface area contributed by atoms with Gasteiger partial charge in [0.2, 0.25) is 11.6 Å². The third-order valence-electron chi connectivity index (χ3n) is 4.97. The maximum atomic E-state index is 12.7. The van der Waals surface area contributed by atoms with E-state index < -0.39 is 5.56 Å². The molecular formula is C24H19N7O3. The van der Waals surface area contributed by atoms with Crippen molar-refractivity contribution in [2.24, 2.45) is 0 Å². The predicted molar refractivity (Wildman–Crippen MR) is 126 cm³/mol. The molecule has 10 nitrogen and oxygen atoms in total. The molecule has 0 radical (unpaired) electrons. The normalized spacial score (nSPS) is 10.8. The van der Waals surface area contributed by atoms with E-state index in [2.05, 4.69) is 25.5 Å². The zero-order chi connectivity index (χ0) is 23.5. The van der Waals surface area contributed by atoms with Crippen LogP contribution in [-0.4, -0.2) is 30.9 Å². The topological polar surface area (TPSA) is 141 Å². The summed E-state index contributed by atoms with van der Waals surface area (Å²) in [7, 11) is 0. The van der Waals surface area contributed by atoms with Gasteiger partial charge in [0, 0.05) is 12.1 Å². The first kappa shape index (κ1) is 20.9. The number of hydrogen-bond acceptors (Lipinski definition) is 7. The first-order chi connectivity index (χ1) is 16.5. The van der Waals surface area contributed by atoms with Gasteiger partial charge >= 0.3 is 0 Å². The van der Waals surface area contributed by atoms with Crippen molar-refractivity contribution in [1.29, 1.82) is 0 Å². The number of fused-ring (bicyclic) bond motifs is 1. The van der Waals surface area contributed by atoms with Gasteiger partial charge in [-0.1, -0.05) is 36.4 Å². The zero-order valence-electron chi connectivity index (χ0n) is 17.8. The van der Waals surface area contributed by atoms with Crippen molar-refractivity contribution in [2.75, 3.05) is 5.73 Å². The highest BCUT2D eigenvalue weighted by Crippen LogP contribution is 2.21. The van der Waals surface area contributed by atoms with Crippen LogP contribution in [0.2, 0.25) is 0 Å². The number of anilines is 1. The van der Waals surface area contributed by atoms with Crippen molar-refractivity contribution in [3.8, 4) is 17.2 Å². The number of carbonyl (C=O) groups excluding carboxylic acids is 1. The Morgan fingerprint density at radius 1 is 0.971 bits per heavy atom. The number of hydrogen-bond donors (Lipinski definition) is 3. The van der Waals surface area contributed by atoms with E-state index in [-0.39, 0.29) is 23.0 Å². The SMILES string of the molecule is Nc1nc2nn(-c3cccc(C(=O)NCc4ccc(Oc5ccccc5)cc4)c3)nc2c(=O)[nH]1. The lowest BCUT2D eigenvalue weighted by Gasteiger charge is -2.09. The predicted octanol–water partition coefficient (Wildman–Crippen LogP) is 2.81. The molecule has 0 aliphatic carbocycles. The van der Waals surface area contributed by atoms with Crippen LogP contribution in [0.5, 0.6) is 11.5 Å². The van der Waals surface area contributed by atoms with Crippen LogP contribution < -0.4 is 21.3 Å². The Morgan fingerprint density at radius 3 is 2.53 bits per heavy atom. The molecule has 5 rings (SSSR count). The fourth-order valence-electron chi connectivity index (χ4n) is 3.31. The van der Waals surface area contributed by atoms with Crippen LogP contribution in [0.4, 0.5) is 5.95 Å². The number of nitrogen functional groups attached to an aromatic ring is 1. The molecule has 0 aliphatic rings. The van der Waals surface area contributed by atoms with Crippen molar-refractivity contribution < 1.29 is 9.53 Å². The summed E-state index contributed by atoms with van der Waals surface area (Å²) in [6, 6.07) is 23.7. The Labute approximate surface area is 193 Å². The number of aromatic nitrogens is 5. The van der Waals surface area contributed by atoms with Crippen molar-refractivity contribution >= 4 is 23.0 Å². The van der Waals surface area contributed by atoms with E-state index in [4.69, 9.17) is 10.5 Å². The van der Waals surface area contributed by atoms with Crippen LogP contribution in [0.1, 0.15) is 15.9 Å². The van der Waals surface area contributed by atoms with Crippen LogP contribution >= 0.6 is 0 Å². The average molecular weight is 453 g/mol. The molecule has 3 aromatic carbocycles. The van der Waals surface area contributed by atoms with Gasteiger partial charge in [0.05, 0.1) is 5.69 Å². The summed E-state index contributed by atoms with van der Waals surface area (Å²) in [5.41, 5.74) is 7.10. The van der Waals surface area contributed by atoms with E-state index in [1.54, 1.807) is 24.3 Å². The number of carbonyl (C=O) groups is 1. The van der Waals surface area contributed by atoms with Crippen LogP contribution in [0, 0.1) is 0 Å². The first-order valence-corrected chi connectivity index (χ1v) is 10.4. The van der Waals surface area contributed by atoms with E-state index in [0.717, 1.165) is 11.3 Å².